The Morgan fingerprint density at radius 1 is 1.69 bits per heavy atom. The monoisotopic (exact) mass is 199 g/mol. The average Bonchev–Trinajstić information content (AvgIpc) is 2.51. The molecule has 1 heterocycles. The van der Waals surface area contributed by atoms with E-state index in [4.69, 9.17) is 5.11 Å². The van der Waals surface area contributed by atoms with Crippen molar-refractivity contribution in [2.75, 3.05) is 0 Å². The molecular weight excluding hydrogens is 186 g/mol. The minimum atomic E-state index is -0.863. The highest BCUT2D eigenvalue weighted by atomic mass is 32.1. The van der Waals surface area contributed by atoms with Crippen molar-refractivity contribution >= 4 is 17.3 Å². The summed E-state index contributed by atoms with van der Waals surface area (Å²) in [6, 6.07) is 0. The van der Waals surface area contributed by atoms with Crippen molar-refractivity contribution in [3.63, 3.8) is 0 Å². The van der Waals surface area contributed by atoms with Crippen molar-refractivity contribution in [2.24, 2.45) is 0 Å². The summed E-state index contributed by atoms with van der Waals surface area (Å²) in [5.74, 6) is -0.829. The number of aryl methyl sites for hydroxylation is 1. The number of nitrogens with zero attached hydrogens (tertiary/aromatic N) is 1. The van der Waals surface area contributed by atoms with Crippen LogP contribution in [0.15, 0.2) is 6.20 Å². The molecule has 0 saturated heterocycles. The van der Waals surface area contributed by atoms with Crippen molar-refractivity contribution in [1.29, 1.82) is 0 Å². The quantitative estimate of drug-likeness (QED) is 0.810. The van der Waals surface area contributed by atoms with Crippen LogP contribution in [0, 0.1) is 0 Å². The lowest BCUT2D eigenvalue weighted by atomic mass is 9.95. The largest absolute Gasteiger partial charge is 0.481 e. The number of aliphatic carboxylic acids is 1. The van der Waals surface area contributed by atoms with Crippen LogP contribution in [0.4, 0.5) is 0 Å². The molecule has 1 aromatic rings. The van der Waals surface area contributed by atoms with Gasteiger partial charge < -0.3 is 5.11 Å². The first-order valence-corrected chi connectivity index (χ1v) is 4.98. The van der Waals surface area contributed by atoms with Crippen molar-refractivity contribution in [1.82, 2.24) is 4.98 Å². The van der Waals surface area contributed by atoms with Crippen molar-refractivity contribution in [3.8, 4) is 0 Å². The van der Waals surface area contributed by atoms with Gasteiger partial charge in [0.05, 0.1) is 0 Å². The molecule has 0 radical (unpaired) electrons. The summed E-state index contributed by atoms with van der Waals surface area (Å²) < 4.78 is 0. The molecule has 0 aliphatic carbocycles. The van der Waals surface area contributed by atoms with Gasteiger partial charge in [0.15, 0.2) is 0 Å². The van der Waals surface area contributed by atoms with E-state index in [9.17, 15) is 4.79 Å². The van der Waals surface area contributed by atoms with Crippen LogP contribution in [0.3, 0.4) is 0 Å². The van der Waals surface area contributed by atoms with Crippen LogP contribution in [-0.4, -0.2) is 16.1 Å². The Balaban J connectivity index is 3.00. The third-order valence-electron chi connectivity index (χ3n) is 1.97. The molecular formula is C9H13NO2S. The fraction of sp³-hybridized carbons (Fsp3) is 0.556. The summed E-state index contributed by atoms with van der Waals surface area (Å²) in [7, 11) is 0. The smallest absolute Gasteiger partial charge is 0.316 e. The Labute approximate surface area is 81.4 Å². The lowest BCUT2D eigenvalue weighted by Crippen LogP contribution is -2.28. The van der Waals surface area contributed by atoms with Crippen molar-refractivity contribution in [2.45, 2.75) is 32.6 Å². The first kappa shape index (κ1) is 10.2. The molecule has 1 rings (SSSR count). The predicted molar refractivity (Wildman–Crippen MR) is 52.2 cm³/mol. The van der Waals surface area contributed by atoms with E-state index in [2.05, 4.69) is 4.98 Å². The second kappa shape index (κ2) is 3.46. The minimum absolute atomic E-state index is 0.678. The Morgan fingerprint density at radius 3 is 2.69 bits per heavy atom. The van der Waals surface area contributed by atoms with Gasteiger partial charge >= 0.3 is 5.97 Å². The van der Waals surface area contributed by atoms with Gasteiger partial charge in [-0.2, -0.15) is 0 Å². The molecule has 0 atom stereocenters. The van der Waals surface area contributed by atoms with Gasteiger partial charge in [-0.15, -0.1) is 11.3 Å². The summed E-state index contributed by atoms with van der Waals surface area (Å²) in [6.07, 6.45) is 2.66. The van der Waals surface area contributed by atoms with Crippen LogP contribution < -0.4 is 0 Å². The summed E-state index contributed by atoms with van der Waals surface area (Å²) in [5.41, 5.74) is -0.863. The van der Waals surface area contributed by atoms with Crippen molar-refractivity contribution < 1.29 is 9.90 Å². The Kier molecular flexibility index (Phi) is 2.71. The van der Waals surface area contributed by atoms with Gasteiger partial charge in [-0.3, -0.25) is 4.79 Å². The molecule has 0 aliphatic rings. The third-order valence-corrected chi connectivity index (χ3v) is 3.44. The molecule has 0 spiro atoms. The summed E-state index contributed by atoms with van der Waals surface area (Å²) >= 11 is 1.48. The molecule has 0 saturated carbocycles. The SMILES string of the molecule is CCc1cnc(C(C)(C)C(=O)O)s1. The van der Waals surface area contributed by atoms with E-state index in [1.807, 2.05) is 6.92 Å². The number of hydrogen-bond acceptors (Lipinski definition) is 3. The Morgan fingerprint density at radius 2 is 2.31 bits per heavy atom. The zero-order chi connectivity index (χ0) is 10.1. The fourth-order valence-corrected chi connectivity index (χ4v) is 1.80. The average molecular weight is 199 g/mol. The molecule has 0 unspecified atom stereocenters. The molecule has 0 bridgehead atoms. The van der Waals surface area contributed by atoms with Crippen LogP contribution in [0.1, 0.15) is 30.7 Å². The number of thiazole rings is 1. The van der Waals surface area contributed by atoms with Gasteiger partial charge in [-0.05, 0) is 20.3 Å². The van der Waals surface area contributed by atoms with Gasteiger partial charge in [0.25, 0.3) is 0 Å². The first-order valence-electron chi connectivity index (χ1n) is 4.17. The second-order valence-corrected chi connectivity index (χ2v) is 4.53. The van der Waals surface area contributed by atoms with Gasteiger partial charge in [-0.25, -0.2) is 4.98 Å². The van der Waals surface area contributed by atoms with E-state index < -0.39 is 11.4 Å². The predicted octanol–water partition coefficient (Wildman–Crippen LogP) is 2.07. The van der Waals surface area contributed by atoms with E-state index in [0.29, 0.717) is 5.01 Å². The summed E-state index contributed by atoms with van der Waals surface area (Å²) in [4.78, 5) is 16.1. The number of carbonyl (C=O) groups is 1. The number of carboxylic acid groups (broad SMARTS) is 1. The van der Waals surface area contributed by atoms with Crippen LogP contribution in [0.2, 0.25) is 0 Å². The van der Waals surface area contributed by atoms with Gasteiger partial charge in [0.1, 0.15) is 10.4 Å². The lowest BCUT2D eigenvalue weighted by molar-refractivity contribution is -0.142. The zero-order valence-corrected chi connectivity index (χ0v) is 8.81. The lowest BCUT2D eigenvalue weighted by Gasteiger charge is -2.14. The normalized spacial score (nSPS) is 11.6. The van der Waals surface area contributed by atoms with Crippen molar-refractivity contribution in [3.05, 3.63) is 16.1 Å². The van der Waals surface area contributed by atoms with E-state index in [-0.39, 0.29) is 0 Å². The van der Waals surface area contributed by atoms with E-state index in [0.717, 1.165) is 11.3 Å². The maximum atomic E-state index is 10.9. The highest BCUT2D eigenvalue weighted by Gasteiger charge is 2.32. The molecule has 0 aliphatic heterocycles. The van der Waals surface area contributed by atoms with E-state index in [1.54, 1.807) is 20.0 Å². The van der Waals surface area contributed by atoms with E-state index >= 15 is 0 Å². The molecule has 4 heteroatoms. The minimum Gasteiger partial charge on any atom is -0.481 e. The molecule has 0 amide bonds. The maximum Gasteiger partial charge on any atom is 0.316 e. The molecule has 13 heavy (non-hydrogen) atoms. The van der Waals surface area contributed by atoms with Crippen LogP contribution in [0.25, 0.3) is 0 Å². The molecule has 3 nitrogen and oxygen atoms in total. The van der Waals surface area contributed by atoms with Gasteiger partial charge in [0.2, 0.25) is 0 Å². The van der Waals surface area contributed by atoms with Gasteiger partial charge in [-0.1, -0.05) is 6.92 Å². The number of hydrogen-bond donors (Lipinski definition) is 1. The highest BCUT2D eigenvalue weighted by molar-refractivity contribution is 7.11. The molecule has 1 aromatic heterocycles. The molecule has 1 N–H and O–H groups in total. The number of rotatable bonds is 3. The molecule has 72 valence electrons. The Hall–Kier alpha value is -0.900. The second-order valence-electron chi connectivity index (χ2n) is 3.42. The highest BCUT2D eigenvalue weighted by Crippen LogP contribution is 2.27. The summed E-state index contributed by atoms with van der Waals surface area (Å²) in [5, 5.41) is 9.62. The summed E-state index contributed by atoms with van der Waals surface area (Å²) in [6.45, 7) is 5.38. The fourth-order valence-electron chi connectivity index (χ4n) is 0.851. The standard InChI is InChI=1S/C9H13NO2S/c1-4-6-5-10-7(13-6)9(2,3)8(11)12/h5H,4H2,1-3H3,(H,11,12). The topological polar surface area (TPSA) is 50.2 Å². The zero-order valence-electron chi connectivity index (χ0n) is 8.00. The van der Waals surface area contributed by atoms with Crippen LogP contribution in [-0.2, 0) is 16.6 Å². The third kappa shape index (κ3) is 1.88. The maximum absolute atomic E-state index is 10.9. The first-order chi connectivity index (χ1) is 5.98. The van der Waals surface area contributed by atoms with Crippen LogP contribution in [0.5, 0.6) is 0 Å². The molecule has 0 aromatic carbocycles. The number of aromatic nitrogens is 1. The van der Waals surface area contributed by atoms with Gasteiger partial charge in [0, 0.05) is 11.1 Å². The van der Waals surface area contributed by atoms with Crippen LogP contribution >= 0.6 is 11.3 Å². The van der Waals surface area contributed by atoms with E-state index in [1.165, 1.54) is 11.3 Å². The Bertz CT molecular complexity index is 317. The number of carboxylic acids is 1. The molecule has 0 fully saturated rings.